The smallest absolute Gasteiger partial charge is 0.226 e. The van der Waals surface area contributed by atoms with Crippen LogP contribution < -0.4 is 0 Å². The number of halogens is 2. The third-order valence-electron chi connectivity index (χ3n) is 5.98. The first-order valence-electron chi connectivity index (χ1n) is 10.5. The van der Waals surface area contributed by atoms with Crippen molar-refractivity contribution in [3.8, 4) is 28.5 Å². The number of nitrogens with zero attached hydrogens (tertiary/aromatic N) is 3. The second-order valence-electron chi connectivity index (χ2n) is 8.66. The van der Waals surface area contributed by atoms with Crippen LogP contribution in [0.5, 0.6) is 0 Å². The third kappa shape index (κ3) is 3.32. The van der Waals surface area contributed by atoms with Crippen molar-refractivity contribution in [1.29, 1.82) is 0 Å². The number of hydrogen-bond acceptors (Lipinski definition) is 3. The van der Waals surface area contributed by atoms with Crippen molar-refractivity contribution >= 4 is 5.78 Å². The van der Waals surface area contributed by atoms with Crippen LogP contribution in [0.4, 0.5) is 8.78 Å². The number of imidazole rings is 1. The van der Waals surface area contributed by atoms with Gasteiger partial charge in [0, 0.05) is 16.5 Å². The molecular formula is C26H21F2N3O. The highest BCUT2D eigenvalue weighted by molar-refractivity contribution is 6.02. The molecule has 2 aromatic carbocycles. The van der Waals surface area contributed by atoms with Gasteiger partial charge in [0.05, 0.1) is 11.4 Å². The normalized spacial score (nSPS) is 14.9. The van der Waals surface area contributed by atoms with Crippen molar-refractivity contribution in [2.75, 3.05) is 0 Å². The Hall–Kier alpha value is -3.67. The number of Topliss-reactive ketones (excluding diaryl/α,β-unsaturated/α-hetero) is 1. The zero-order valence-corrected chi connectivity index (χ0v) is 17.8. The van der Waals surface area contributed by atoms with Crippen molar-refractivity contribution in [2.24, 2.45) is 5.41 Å². The third-order valence-corrected chi connectivity index (χ3v) is 5.98. The SMILES string of the molecule is CC1(C)CCc2nc(-c3nc(-c4ccccc4)c(F)n3-c3cccc(F)c3)ccc2C1=O. The first-order valence-corrected chi connectivity index (χ1v) is 10.5. The van der Waals surface area contributed by atoms with Crippen molar-refractivity contribution in [3.05, 3.63) is 89.8 Å². The minimum Gasteiger partial charge on any atom is -0.294 e. The van der Waals surface area contributed by atoms with Crippen molar-refractivity contribution < 1.29 is 13.6 Å². The molecule has 0 spiro atoms. The summed E-state index contributed by atoms with van der Waals surface area (Å²) in [7, 11) is 0. The van der Waals surface area contributed by atoms with E-state index in [1.165, 1.54) is 22.8 Å². The van der Waals surface area contributed by atoms with Gasteiger partial charge in [0.1, 0.15) is 17.2 Å². The number of aromatic nitrogens is 3. The Morgan fingerprint density at radius 1 is 0.938 bits per heavy atom. The van der Waals surface area contributed by atoms with Crippen molar-refractivity contribution in [3.63, 3.8) is 0 Å². The van der Waals surface area contributed by atoms with E-state index in [1.54, 1.807) is 42.5 Å². The van der Waals surface area contributed by atoms with Crippen LogP contribution in [-0.4, -0.2) is 20.3 Å². The van der Waals surface area contributed by atoms with E-state index in [4.69, 9.17) is 4.98 Å². The van der Waals surface area contributed by atoms with Gasteiger partial charge in [-0.05, 0) is 43.2 Å². The summed E-state index contributed by atoms with van der Waals surface area (Å²) in [5.74, 6) is -0.767. The van der Waals surface area contributed by atoms with Gasteiger partial charge < -0.3 is 0 Å². The maximum absolute atomic E-state index is 15.7. The second-order valence-corrected chi connectivity index (χ2v) is 8.66. The predicted molar refractivity (Wildman–Crippen MR) is 119 cm³/mol. The quantitative estimate of drug-likeness (QED) is 0.399. The Bertz CT molecular complexity index is 1340. The molecule has 0 amide bonds. The Balaban J connectivity index is 1.71. The molecule has 6 heteroatoms. The fraction of sp³-hybridized carbons (Fsp3) is 0.192. The van der Waals surface area contributed by atoms with Gasteiger partial charge in [-0.25, -0.2) is 14.4 Å². The standard InChI is InChI=1S/C26H21F2N3O/c1-26(2)14-13-20-19(23(26)32)11-12-21(29-20)25-30-22(16-7-4-3-5-8-16)24(28)31(25)18-10-6-9-17(27)15-18/h3-12,15H,13-14H2,1-2H3. The molecule has 2 heterocycles. The number of carbonyl (C=O) groups is 1. The number of pyridine rings is 1. The lowest BCUT2D eigenvalue weighted by atomic mass is 9.75. The molecule has 4 nitrogen and oxygen atoms in total. The molecule has 1 aliphatic carbocycles. The lowest BCUT2D eigenvalue weighted by Crippen LogP contribution is -2.31. The van der Waals surface area contributed by atoms with E-state index in [0.717, 1.165) is 0 Å². The number of ketones is 1. The number of carbonyl (C=O) groups excluding carboxylic acids is 1. The Kier molecular flexibility index (Phi) is 4.73. The first kappa shape index (κ1) is 20.2. The molecule has 0 atom stereocenters. The molecule has 1 aliphatic rings. The Morgan fingerprint density at radius 2 is 1.72 bits per heavy atom. The zero-order chi connectivity index (χ0) is 22.5. The molecule has 32 heavy (non-hydrogen) atoms. The number of fused-ring (bicyclic) bond motifs is 1. The molecule has 160 valence electrons. The van der Waals surface area contributed by atoms with Crippen LogP contribution in [0.3, 0.4) is 0 Å². The summed E-state index contributed by atoms with van der Waals surface area (Å²) in [6.45, 7) is 3.87. The maximum Gasteiger partial charge on any atom is 0.226 e. The molecular weight excluding hydrogens is 408 g/mol. The van der Waals surface area contributed by atoms with Crippen molar-refractivity contribution in [2.45, 2.75) is 26.7 Å². The molecule has 0 radical (unpaired) electrons. The highest BCUT2D eigenvalue weighted by atomic mass is 19.1. The van der Waals surface area contributed by atoms with Crippen LogP contribution in [-0.2, 0) is 6.42 Å². The number of benzene rings is 2. The summed E-state index contributed by atoms with van der Waals surface area (Å²) >= 11 is 0. The molecule has 4 aromatic rings. The monoisotopic (exact) mass is 429 g/mol. The lowest BCUT2D eigenvalue weighted by molar-refractivity contribution is 0.0809. The van der Waals surface area contributed by atoms with Crippen LogP contribution in [0, 0.1) is 17.2 Å². The predicted octanol–water partition coefficient (Wildman–Crippen LogP) is 6.03. The van der Waals surface area contributed by atoms with E-state index < -0.39 is 17.2 Å². The summed E-state index contributed by atoms with van der Waals surface area (Å²) in [5, 5.41) is 0. The summed E-state index contributed by atoms with van der Waals surface area (Å²) in [6, 6.07) is 18.1. The van der Waals surface area contributed by atoms with E-state index in [1.807, 2.05) is 19.9 Å². The van der Waals surface area contributed by atoms with Gasteiger partial charge in [0.2, 0.25) is 5.95 Å². The number of hydrogen-bond donors (Lipinski definition) is 0. The molecule has 0 saturated heterocycles. The molecule has 0 saturated carbocycles. The molecule has 5 rings (SSSR count). The highest BCUT2D eigenvalue weighted by Gasteiger charge is 2.35. The minimum absolute atomic E-state index is 0.0578. The van der Waals surface area contributed by atoms with E-state index >= 15 is 4.39 Å². The molecule has 0 bridgehead atoms. The van der Waals surface area contributed by atoms with E-state index in [9.17, 15) is 9.18 Å². The number of aryl methyl sites for hydroxylation is 1. The molecule has 0 N–H and O–H groups in total. The fourth-order valence-electron chi connectivity index (χ4n) is 4.14. The van der Waals surface area contributed by atoms with Gasteiger partial charge in [-0.15, -0.1) is 0 Å². The topological polar surface area (TPSA) is 47.8 Å². The molecule has 2 aromatic heterocycles. The van der Waals surface area contributed by atoms with Crippen molar-refractivity contribution in [1.82, 2.24) is 14.5 Å². The van der Waals surface area contributed by atoms with E-state index in [0.29, 0.717) is 41.0 Å². The van der Waals surface area contributed by atoms with Crippen LogP contribution in [0.1, 0.15) is 36.3 Å². The van der Waals surface area contributed by atoms with Gasteiger partial charge in [0.25, 0.3) is 0 Å². The van der Waals surface area contributed by atoms with Gasteiger partial charge >= 0.3 is 0 Å². The summed E-state index contributed by atoms with van der Waals surface area (Å²) < 4.78 is 30.9. The van der Waals surface area contributed by atoms with Gasteiger partial charge in [-0.2, -0.15) is 4.39 Å². The zero-order valence-electron chi connectivity index (χ0n) is 17.8. The minimum atomic E-state index is -0.603. The first-order chi connectivity index (χ1) is 15.3. The average molecular weight is 429 g/mol. The summed E-state index contributed by atoms with van der Waals surface area (Å²) in [5.41, 5.74) is 2.35. The van der Waals surface area contributed by atoms with E-state index in [2.05, 4.69) is 4.98 Å². The van der Waals surface area contributed by atoms with Gasteiger partial charge in [-0.1, -0.05) is 50.2 Å². The van der Waals surface area contributed by atoms with E-state index in [-0.39, 0.29) is 17.3 Å². The molecule has 0 aliphatic heterocycles. The highest BCUT2D eigenvalue weighted by Crippen LogP contribution is 2.36. The van der Waals surface area contributed by atoms with Gasteiger partial charge in [0.15, 0.2) is 11.6 Å². The van der Waals surface area contributed by atoms with Crippen LogP contribution in [0.25, 0.3) is 28.5 Å². The fourth-order valence-corrected chi connectivity index (χ4v) is 4.14. The Labute approximate surface area is 184 Å². The van der Waals surface area contributed by atoms with Crippen LogP contribution in [0.15, 0.2) is 66.7 Å². The summed E-state index contributed by atoms with van der Waals surface area (Å²) in [4.78, 5) is 22.1. The summed E-state index contributed by atoms with van der Waals surface area (Å²) in [6.07, 6.45) is 1.34. The van der Waals surface area contributed by atoms with Crippen LogP contribution >= 0.6 is 0 Å². The Morgan fingerprint density at radius 3 is 2.47 bits per heavy atom. The van der Waals surface area contributed by atoms with Gasteiger partial charge in [-0.3, -0.25) is 9.36 Å². The number of rotatable bonds is 3. The maximum atomic E-state index is 15.7. The van der Waals surface area contributed by atoms with Crippen LogP contribution in [0.2, 0.25) is 0 Å². The lowest BCUT2D eigenvalue weighted by Gasteiger charge is -2.29. The second kappa shape index (κ2) is 7.48. The largest absolute Gasteiger partial charge is 0.294 e. The average Bonchev–Trinajstić information content (AvgIpc) is 3.14. The molecule has 0 fully saturated rings. The molecule has 0 unspecified atom stereocenters.